The molecule has 3 aliphatic carbocycles. The smallest absolute Gasteiger partial charge is 0.0624 e. The molecule has 3 saturated carbocycles. The van der Waals surface area contributed by atoms with Crippen LogP contribution in [0, 0.1) is 41.6 Å². The minimum absolute atomic E-state index is 0. The molecule has 0 aliphatic heterocycles. The number of hydrogen-bond donors (Lipinski definition) is 2. The molecular formula is C36H48IrNO2-. The van der Waals surface area contributed by atoms with Gasteiger partial charge in [0.1, 0.15) is 0 Å². The number of aliphatic hydroxyl groups excluding tert-OH is 2. The summed E-state index contributed by atoms with van der Waals surface area (Å²) in [7, 11) is 0. The maximum Gasteiger partial charge on any atom is 0.0624 e. The molecule has 0 spiro atoms. The van der Waals surface area contributed by atoms with Gasteiger partial charge in [-0.2, -0.15) is 0 Å². The van der Waals surface area contributed by atoms with Crippen LogP contribution in [0.1, 0.15) is 90.5 Å². The molecule has 6 rings (SSSR count). The second-order valence-electron chi connectivity index (χ2n) is 13.4. The van der Waals surface area contributed by atoms with Crippen molar-refractivity contribution in [2.24, 2.45) is 35.5 Å². The molecule has 0 saturated heterocycles. The second kappa shape index (κ2) is 14.1. The Morgan fingerprint density at radius 1 is 0.825 bits per heavy atom. The second-order valence-corrected chi connectivity index (χ2v) is 13.4. The monoisotopic (exact) mass is 719 g/mol. The van der Waals surface area contributed by atoms with E-state index in [1.165, 1.54) is 36.6 Å². The normalized spacial score (nSPS) is 28.0. The molecule has 1 radical (unpaired) electrons. The van der Waals surface area contributed by atoms with Crippen LogP contribution in [-0.4, -0.2) is 27.4 Å². The molecule has 3 aromatic rings. The van der Waals surface area contributed by atoms with Gasteiger partial charge >= 0.3 is 0 Å². The van der Waals surface area contributed by atoms with Crippen molar-refractivity contribution < 1.29 is 30.3 Å². The van der Waals surface area contributed by atoms with E-state index in [0.29, 0.717) is 29.6 Å². The van der Waals surface area contributed by atoms with Gasteiger partial charge in [-0.3, -0.25) is 4.98 Å². The first-order chi connectivity index (χ1) is 18.8. The van der Waals surface area contributed by atoms with Gasteiger partial charge in [0.25, 0.3) is 0 Å². The van der Waals surface area contributed by atoms with Crippen LogP contribution in [0.15, 0.2) is 54.6 Å². The first kappa shape index (κ1) is 31.4. The van der Waals surface area contributed by atoms with Crippen LogP contribution < -0.4 is 0 Å². The fourth-order valence-electron chi connectivity index (χ4n) is 8.01. The summed E-state index contributed by atoms with van der Waals surface area (Å²) in [6, 6.07) is 22.2. The minimum atomic E-state index is -0.260. The van der Waals surface area contributed by atoms with E-state index in [-0.39, 0.29) is 38.2 Å². The topological polar surface area (TPSA) is 53.4 Å². The fourth-order valence-corrected chi connectivity index (χ4v) is 8.01. The van der Waals surface area contributed by atoms with Gasteiger partial charge < -0.3 is 10.2 Å². The van der Waals surface area contributed by atoms with E-state index in [4.69, 9.17) is 4.98 Å². The van der Waals surface area contributed by atoms with Crippen LogP contribution >= 0.6 is 0 Å². The summed E-state index contributed by atoms with van der Waals surface area (Å²) >= 11 is 0. The molecule has 40 heavy (non-hydrogen) atoms. The first-order valence-corrected chi connectivity index (χ1v) is 15.5. The van der Waals surface area contributed by atoms with Gasteiger partial charge in [-0.05, 0) is 91.4 Å². The maximum atomic E-state index is 10.5. The summed E-state index contributed by atoms with van der Waals surface area (Å²) in [4.78, 5) is 4.85. The van der Waals surface area contributed by atoms with Gasteiger partial charge in [-0.1, -0.05) is 64.8 Å². The van der Waals surface area contributed by atoms with Crippen LogP contribution in [0.3, 0.4) is 0 Å². The van der Waals surface area contributed by atoms with Crippen LogP contribution in [0.4, 0.5) is 0 Å². The maximum absolute atomic E-state index is 10.5. The van der Waals surface area contributed by atoms with Crippen LogP contribution in [-0.2, 0) is 20.1 Å². The number of rotatable bonds is 6. The van der Waals surface area contributed by atoms with Gasteiger partial charge in [-0.25, -0.2) is 0 Å². The third-order valence-corrected chi connectivity index (χ3v) is 9.60. The predicted octanol–water partition coefficient (Wildman–Crippen LogP) is 8.43. The fraction of sp³-hybridized carbons (Fsp3) is 0.583. The molecule has 1 aromatic heterocycles. The quantitative estimate of drug-likeness (QED) is 0.252. The van der Waals surface area contributed by atoms with Crippen molar-refractivity contribution in [1.29, 1.82) is 0 Å². The molecule has 3 fully saturated rings. The van der Waals surface area contributed by atoms with Crippen molar-refractivity contribution in [2.75, 3.05) is 0 Å². The number of aromatic nitrogens is 1. The number of hydrogen-bond acceptors (Lipinski definition) is 3. The summed E-state index contributed by atoms with van der Waals surface area (Å²) in [5, 5.41) is 22.3. The molecule has 3 nitrogen and oxygen atoms in total. The Labute approximate surface area is 255 Å². The Morgan fingerprint density at radius 3 is 2.02 bits per heavy atom. The predicted molar refractivity (Wildman–Crippen MR) is 161 cm³/mol. The van der Waals surface area contributed by atoms with E-state index in [1.807, 2.05) is 18.2 Å². The minimum Gasteiger partial charge on any atom is -0.392 e. The molecule has 3 aliphatic rings. The average Bonchev–Trinajstić information content (AvgIpc) is 3.63. The average molecular weight is 719 g/mol. The van der Waals surface area contributed by atoms with E-state index < -0.39 is 0 Å². The zero-order valence-corrected chi connectivity index (χ0v) is 27.1. The standard InChI is InChI=1S/C20H18N.C16H30O2.Ir/c1-2-9-16(10-3-1)19-14-13-18-17(15-7-4-5-8-15)11-6-12-20(18)21-19;1-9(2)5-12-7-11-8-13(6-10(3)4)16(18)14(11)15(12)17;/h1-3,6,9,11-15H,4-5,7-8H2;9-18H,5-8H2,1-4H3;/q-1;;/t;11?,12-,13+,14?,15?,16?;. The summed E-state index contributed by atoms with van der Waals surface area (Å²) in [5.74, 6) is 3.60. The van der Waals surface area contributed by atoms with Crippen molar-refractivity contribution in [3.05, 3.63) is 66.2 Å². The van der Waals surface area contributed by atoms with E-state index >= 15 is 0 Å². The van der Waals surface area contributed by atoms with E-state index in [2.05, 4.69) is 70.2 Å². The van der Waals surface area contributed by atoms with E-state index in [0.717, 1.165) is 48.4 Å². The zero-order valence-electron chi connectivity index (χ0n) is 24.7. The van der Waals surface area contributed by atoms with Gasteiger partial charge in [0, 0.05) is 31.4 Å². The molecule has 6 atom stereocenters. The van der Waals surface area contributed by atoms with E-state index in [1.54, 1.807) is 0 Å². The Morgan fingerprint density at radius 2 is 1.48 bits per heavy atom. The molecule has 0 bridgehead atoms. The van der Waals surface area contributed by atoms with Crippen LogP contribution in [0.5, 0.6) is 0 Å². The SMILES string of the molecule is CC(C)C[C@@H]1CC2C[C@H](CC(C)C)C(O)C2C1O.[Ir].[c-]1ccccc1-c1ccc2c(C3CCCC3)cccc2n1. The molecule has 219 valence electrons. The molecule has 4 unspecified atom stereocenters. The number of aliphatic hydroxyl groups is 2. The number of nitrogens with zero attached hydrogens (tertiary/aromatic N) is 1. The van der Waals surface area contributed by atoms with Gasteiger partial charge in [0.15, 0.2) is 0 Å². The molecule has 0 amide bonds. The summed E-state index contributed by atoms with van der Waals surface area (Å²) in [5.41, 5.74) is 4.66. The molecule has 1 heterocycles. The van der Waals surface area contributed by atoms with Gasteiger partial charge in [0.2, 0.25) is 0 Å². The Kier molecular flexibility index (Phi) is 11.0. The third kappa shape index (κ3) is 7.06. The van der Waals surface area contributed by atoms with Gasteiger partial charge in [-0.15, -0.1) is 35.9 Å². The largest absolute Gasteiger partial charge is 0.392 e. The number of fused-ring (bicyclic) bond motifs is 2. The first-order valence-electron chi connectivity index (χ1n) is 15.5. The van der Waals surface area contributed by atoms with Crippen molar-refractivity contribution in [3.63, 3.8) is 0 Å². The van der Waals surface area contributed by atoms with Gasteiger partial charge in [0.05, 0.1) is 17.7 Å². The van der Waals surface area contributed by atoms with Crippen LogP contribution in [0.2, 0.25) is 0 Å². The van der Waals surface area contributed by atoms with Crippen LogP contribution in [0.25, 0.3) is 22.2 Å². The van der Waals surface area contributed by atoms with Crippen molar-refractivity contribution in [3.8, 4) is 11.3 Å². The number of pyridine rings is 1. The molecule has 2 N–H and O–H groups in total. The summed E-state index contributed by atoms with van der Waals surface area (Å²) < 4.78 is 0. The third-order valence-electron chi connectivity index (χ3n) is 9.60. The van der Waals surface area contributed by atoms with Crippen molar-refractivity contribution in [1.82, 2.24) is 4.98 Å². The molecule has 2 aromatic carbocycles. The summed E-state index contributed by atoms with van der Waals surface area (Å²) in [6.07, 6.45) is 9.35. The Hall–Kier alpha value is -1.58. The number of benzene rings is 2. The zero-order chi connectivity index (χ0) is 27.5. The van der Waals surface area contributed by atoms with Crippen molar-refractivity contribution >= 4 is 10.9 Å². The van der Waals surface area contributed by atoms with Crippen molar-refractivity contribution in [2.45, 2.75) is 97.2 Å². The van der Waals surface area contributed by atoms with E-state index in [9.17, 15) is 10.2 Å². The molecular weight excluding hydrogens is 671 g/mol. The Balaban J connectivity index is 0.000000183. The summed E-state index contributed by atoms with van der Waals surface area (Å²) in [6.45, 7) is 8.88. The molecule has 4 heteroatoms. The Bertz CT molecular complexity index is 1180.